The Labute approximate surface area is 205 Å². The standard InChI is InChI=1S/C30H29N3O2/c1-19-11-12-22(23-13-14-25-26(16-23)33(18-31-25)29(34)30(3,4)5)15-24(19)17-27-28(20(2)32-35-27)21-9-7-6-8-10-21/h6-16,18H,17H2,1-5H3. The number of imidazole rings is 1. The van der Waals surface area contributed by atoms with Crippen molar-refractivity contribution >= 4 is 16.9 Å². The highest BCUT2D eigenvalue weighted by molar-refractivity contribution is 5.94. The lowest BCUT2D eigenvalue weighted by atomic mass is 9.94. The zero-order valence-electron chi connectivity index (χ0n) is 20.8. The average Bonchev–Trinajstić information content (AvgIpc) is 3.42. The van der Waals surface area contributed by atoms with Crippen LogP contribution in [0.25, 0.3) is 33.3 Å². The van der Waals surface area contributed by atoms with Crippen LogP contribution in [-0.2, 0) is 6.42 Å². The molecule has 0 radical (unpaired) electrons. The van der Waals surface area contributed by atoms with Gasteiger partial charge in [-0.05, 0) is 53.8 Å². The van der Waals surface area contributed by atoms with E-state index in [0.29, 0.717) is 6.42 Å². The Balaban J connectivity index is 1.53. The highest BCUT2D eigenvalue weighted by Crippen LogP contribution is 2.32. The van der Waals surface area contributed by atoms with Gasteiger partial charge in [0.2, 0.25) is 5.91 Å². The van der Waals surface area contributed by atoms with E-state index in [1.807, 2.05) is 52.0 Å². The number of carbonyl (C=O) groups is 1. The molecule has 2 heterocycles. The topological polar surface area (TPSA) is 60.9 Å². The number of aromatic nitrogens is 3. The van der Waals surface area contributed by atoms with E-state index in [0.717, 1.165) is 44.7 Å². The molecule has 0 atom stereocenters. The van der Waals surface area contributed by atoms with Crippen LogP contribution in [0.5, 0.6) is 0 Å². The maximum Gasteiger partial charge on any atom is 0.237 e. The second-order valence-electron chi connectivity index (χ2n) is 10.1. The van der Waals surface area contributed by atoms with Crippen LogP contribution in [0.15, 0.2) is 77.6 Å². The fourth-order valence-electron chi connectivity index (χ4n) is 4.44. The predicted octanol–water partition coefficient (Wildman–Crippen LogP) is 7.25. The molecule has 0 saturated heterocycles. The van der Waals surface area contributed by atoms with Gasteiger partial charge in [0.15, 0.2) is 0 Å². The van der Waals surface area contributed by atoms with E-state index in [-0.39, 0.29) is 5.91 Å². The van der Waals surface area contributed by atoms with Gasteiger partial charge in [0, 0.05) is 17.4 Å². The van der Waals surface area contributed by atoms with Crippen LogP contribution in [0, 0.1) is 19.3 Å². The minimum absolute atomic E-state index is 0.0240. The maximum atomic E-state index is 12.9. The zero-order chi connectivity index (χ0) is 24.7. The van der Waals surface area contributed by atoms with Gasteiger partial charge >= 0.3 is 0 Å². The molecule has 5 rings (SSSR count). The summed E-state index contributed by atoms with van der Waals surface area (Å²) in [6.07, 6.45) is 2.27. The molecule has 0 unspecified atom stereocenters. The number of hydrogen-bond donors (Lipinski definition) is 0. The van der Waals surface area contributed by atoms with Gasteiger partial charge in [0.05, 0.1) is 16.7 Å². The van der Waals surface area contributed by atoms with Crippen molar-refractivity contribution in [3.63, 3.8) is 0 Å². The fourth-order valence-corrected chi connectivity index (χ4v) is 4.44. The molecule has 0 amide bonds. The molecular weight excluding hydrogens is 434 g/mol. The van der Waals surface area contributed by atoms with Crippen LogP contribution in [0.1, 0.15) is 48.1 Å². The second-order valence-corrected chi connectivity index (χ2v) is 10.1. The van der Waals surface area contributed by atoms with Crippen LogP contribution in [0.2, 0.25) is 0 Å². The van der Waals surface area contributed by atoms with E-state index in [1.165, 1.54) is 11.1 Å². The van der Waals surface area contributed by atoms with Gasteiger partial charge in [0.25, 0.3) is 0 Å². The van der Waals surface area contributed by atoms with Crippen molar-refractivity contribution in [1.29, 1.82) is 0 Å². The van der Waals surface area contributed by atoms with E-state index in [2.05, 4.69) is 59.5 Å². The lowest BCUT2D eigenvalue weighted by Crippen LogP contribution is -2.26. The molecular formula is C30H29N3O2. The minimum atomic E-state index is -0.494. The number of nitrogens with zero attached hydrogens (tertiary/aromatic N) is 3. The van der Waals surface area contributed by atoms with Crippen LogP contribution >= 0.6 is 0 Å². The van der Waals surface area contributed by atoms with Gasteiger partial charge in [-0.1, -0.05) is 80.5 Å². The first-order valence-electron chi connectivity index (χ1n) is 11.8. The molecule has 176 valence electrons. The number of benzene rings is 3. The van der Waals surface area contributed by atoms with Crippen LogP contribution in [-0.4, -0.2) is 20.6 Å². The third-order valence-electron chi connectivity index (χ3n) is 6.44. The quantitative estimate of drug-likeness (QED) is 0.282. The SMILES string of the molecule is Cc1ccc(-c2ccc3ncn(C(=O)C(C)(C)C)c3c2)cc1Cc1onc(C)c1-c1ccccc1. The van der Waals surface area contributed by atoms with E-state index >= 15 is 0 Å². The Bertz CT molecular complexity index is 1540. The lowest BCUT2D eigenvalue weighted by Gasteiger charge is -2.17. The fraction of sp³-hybridized carbons (Fsp3) is 0.233. The Morgan fingerprint density at radius 1 is 0.914 bits per heavy atom. The van der Waals surface area contributed by atoms with Gasteiger partial charge in [-0.3, -0.25) is 9.36 Å². The number of rotatable bonds is 4. The average molecular weight is 464 g/mol. The molecule has 0 aliphatic carbocycles. The van der Waals surface area contributed by atoms with Crippen molar-refractivity contribution in [3.05, 3.63) is 95.6 Å². The lowest BCUT2D eigenvalue weighted by molar-refractivity contribution is 0.0772. The molecule has 2 aromatic heterocycles. The summed E-state index contributed by atoms with van der Waals surface area (Å²) in [5.74, 6) is 0.883. The highest BCUT2D eigenvalue weighted by atomic mass is 16.5. The summed E-state index contributed by atoms with van der Waals surface area (Å²) in [5, 5.41) is 4.26. The predicted molar refractivity (Wildman–Crippen MR) is 139 cm³/mol. The van der Waals surface area contributed by atoms with Gasteiger partial charge in [-0.25, -0.2) is 4.98 Å². The third kappa shape index (κ3) is 4.30. The normalized spacial score (nSPS) is 11.8. The van der Waals surface area contributed by atoms with Gasteiger partial charge in [-0.2, -0.15) is 0 Å². The van der Waals surface area contributed by atoms with Crippen LogP contribution in [0.3, 0.4) is 0 Å². The number of aryl methyl sites for hydroxylation is 2. The summed E-state index contributed by atoms with van der Waals surface area (Å²) in [4.78, 5) is 17.4. The van der Waals surface area contributed by atoms with Crippen molar-refractivity contribution in [3.8, 4) is 22.3 Å². The maximum absolute atomic E-state index is 12.9. The second kappa shape index (κ2) is 8.66. The van der Waals surface area contributed by atoms with Crippen molar-refractivity contribution in [1.82, 2.24) is 14.7 Å². The van der Waals surface area contributed by atoms with Crippen LogP contribution in [0.4, 0.5) is 0 Å². The summed E-state index contributed by atoms with van der Waals surface area (Å²) in [5.41, 5.74) is 8.68. The number of fused-ring (bicyclic) bond motifs is 1. The van der Waals surface area contributed by atoms with Crippen molar-refractivity contribution in [2.45, 2.75) is 41.0 Å². The highest BCUT2D eigenvalue weighted by Gasteiger charge is 2.24. The summed E-state index contributed by atoms with van der Waals surface area (Å²) < 4.78 is 7.44. The summed E-state index contributed by atoms with van der Waals surface area (Å²) in [7, 11) is 0. The summed E-state index contributed by atoms with van der Waals surface area (Å²) in [6.45, 7) is 9.87. The van der Waals surface area contributed by atoms with E-state index in [1.54, 1.807) is 10.9 Å². The third-order valence-corrected chi connectivity index (χ3v) is 6.44. The first kappa shape index (κ1) is 22.8. The molecule has 5 nitrogen and oxygen atoms in total. The monoisotopic (exact) mass is 463 g/mol. The zero-order valence-corrected chi connectivity index (χ0v) is 20.8. The van der Waals surface area contributed by atoms with E-state index in [4.69, 9.17) is 4.52 Å². The molecule has 35 heavy (non-hydrogen) atoms. The largest absolute Gasteiger partial charge is 0.360 e. The van der Waals surface area contributed by atoms with E-state index < -0.39 is 5.41 Å². The molecule has 5 heteroatoms. The molecule has 0 aliphatic heterocycles. The molecule has 0 aliphatic rings. The minimum Gasteiger partial charge on any atom is -0.360 e. The smallest absolute Gasteiger partial charge is 0.237 e. The molecule has 3 aromatic carbocycles. The molecule has 0 N–H and O–H groups in total. The molecule has 5 aromatic rings. The first-order valence-corrected chi connectivity index (χ1v) is 11.8. The molecule has 0 spiro atoms. The van der Waals surface area contributed by atoms with Gasteiger partial charge in [0.1, 0.15) is 12.1 Å². The Morgan fingerprint density at radius 3 is 2.37 bits per heavy atom. The van der Waals surface area contributed by atoms with Gasteiger partial charge < -0.3 is 4.52 Å². The number of carbonyl (C=O) groups excluding carboxylic acids is 1. The number of hydrogen-bond acceptors (Lipinski definition) is 4. The molecule has 0 bridgehead atoms. The van der Waals surface area contributed by atoms with E-state index in [9.17, 15) is 4.79 Å². The Kier molecular flexibility index (Phi) is 5.64. The van der Waals surface area contributed by atoms with Crippen LogP contribution < -0.4 is 0 Å². The summed E-state index contributed by atoms with van der Waals surface area (Å²) >= 11 is 0. The summed E-state index contributed by atoms with van der Waals surface area (Å²) in [6, 6.07) is 22.8. The Morgan fingerprint density at radius 2 is 1.63 bits per heavy atom. The van der Waals surface area contributed by atoms with Crippen molar-refractivity contribution in [2.24, 2.45) is 5.41 Å². The van der Waals surface area contributed by atoms with Gasteiger partial charge in [-0.15, -0.1) is 0 Å². The Hall–Kier alpha value is -3.99. The first-order chi connectivity index (χ1) is 16.7. The van der Waals surface area contributed by atoms with Crippen molar-refractivity contribution < 1.29 is 9.32 Å². The van der Waals surface area contributed by atoms with Crippen molar-refractivity contribution in [2.75, 3.05) is 0 Å². The molecule has 0 saturated carbocycles. The molecule has 0 fully saturated rings.